The van der Waals surface area contributed by atoms with Gasteiger partial charge in [0.2, 0.25) is 11.4 Å². The maximum absolute atomic E-state index is 6.99. The zero-order valence-electron chi connectivity index (χ0n) is 34.1. The average molecular weight is 746 g/mol. The number of fused-ring (bicyclic) bond motifs is 7. The van der Waals surface area contributed by atoms with Gasteiger partial charge in [-0.15, -0.1) is 0 Å². The van der Waals surface area contributed by atoms with E-state index in [0.29, 0.717) is 9.18 Å². The molecule has 8 aromatic rings. The van der Waals surface area contributed by atoms with Gasteiger partial charge in [0.05, 0.1) is 11.0 Å². The first-order valence-electron chi connectivity index (χ1n) is 20.1. The van der Waals surface area contributed by atoms with Crippen LogP contribution in [0.3, 0.4) is 0 Å². The van der Waals surface area contributed by atoms with Gasteiger partial charge in [-0.1, -0.05) is 102 Å². The van der Waals surface area contributed by atoms with Gasteiger partial charge in [-0.25, -0.2) is 4.98 Å². The quantitative estimate of drug-likeness (QED) is 0.0963. The van der Waals surface area contributed by atoms with Crippen LogP contribution in [0, 0.1) is 20.5 Å². The summed E-state index contributed by atoms with van der Waals surface area (Å²) in [5, 5.41) is 2.36. The predicted molar refractivity (Wildman–Crippen MR) is 237 cm³/mol. The van der Waals surface area contributed by atoms with Crippen molar-refractivity contribution < 1.29 is 4.74 Å². The summed E-state index contributed by atoms with van der Waals surface area (Å²) in [6.07, 6.45) is 1.93. The summed E-state index contributed by atoms with van der Waals surface area (Å²) in [4.78, 5) is 4.91. The number of pyridine rings is 1. The Labute approximate surface area is 336 Å². The zero-order valence-corrected chi connectivity index (χ0v) is 34.1. The van der Waals surface area contributed by atoms with Crippen LogP contribution in [0.15, 0.2) is 146 Å². The molecule has 6 aromatic carbocycles. The van der Waals surface area contributed by atoms with E-state index in [1.807, 2.05) is 6.20 Å². The van der Waals surface area contributed by atoms with Crippen LogP contribution in [0.5, 0.6) is 11.5 Å². The number of ether oxygens (including phenoxy) is 1. The molecule has 0 bridgehead atoms. The van der Waals surface area contributed by atoms with Gasteiger partial charge in [-0.05, 0) is 94.5 Å². The Balaban J connectivity index is 1.11. The van der Waals surface area contributed by atoms with E-state index in [4.69, 9.17) is 9.72 Å². The molecule has 4 heterocycles. The number of hydrogen-bond acceptors (Lipinski definition) is 2. The monoisotopic (exact) mass is 745 g/mol. The lowest BCUT2D eigenvalue weighted by Gasteiger charge is -2.41. The molecule has 5 nitrogen and oxygen atoms in total. The fraction of sp³-hybridized carbons (Fsp3) is 0.192. The Morgan fingerprint density at radius 2 is 1.19 bits per heavy atom. The van der Waals surface area contributed by atoms with E-state index in [1.54, 1.807) is 0 Å². The van der Waals surface area contributed by atoms with E-state index in [2.05, 4.69) is 206 Å². The molecule has 282 valence electrons. The number of nitrogens with zero attached hydrogens (tertiary/aromatic N) is 4. The van der Waals surface area contributed by atoms with Crippen molar-refractivity contribution in [1.82, 2.24) is 18.7 Å². The van der Waals surface area contributed by atoms with Gasteiger partial charge >= 0.3 is 0 Å². The summed E-state index contributed by atoms with van der Waals surface area (Å²) >= 11 is 0. The first-order valence-corrected chi connectivity index (χ1v) is 20.1. The number of benzene rings is 6. The minimum Gasteiger partial charge on any atom is -0.457 e. The standard InChI is InChI=1S/C52H49N4O/c1-34-25-48-49(26-35(34)2)56(33-55(48,56)40-18-14-17-37(27-40)36-15-10-9-11-16-36)41-28-39(52(6,7)8)29-43(31-41)57-42-21-22-45-44-19-12-13-20-46(44)54(47(45)32-42)50-30-38(23-24-53-50)51(3,4)5/h9-33H,1-8H3/q+1/t55-,56?/m0/s1. The molecule has 2 aromatic heterocycles. The lowest BCUT2D eigenvalue weighted by molar-refractivity contribution is 0.422. The molecule has 0 aliphatic carbocycles. The first-order chi connectivity index (χ1) is 27.3. The van der Waals surface area contributed by atoms with Crippen molar-refractivity contribution in [3.8, 4) is 28.4 Å². The lowest BCUT2D eigenvalue weighted by Crippen LogP contribution is -2.46. The Hall–Kier alpha value is -6.01. The highest BCUT2D eigenvalue weighted by atomic mass is 16.5. The van der Waals surface area contributed by atoms with E-state index in [1.165, 1.54) is 66.9 Å². The van der Waals surface area contributed by atoms with E-state index < -0.39 is 0 Å². The minimum atomic E-state index is -0.109. The molecule has 57 heavy (non-hydrogen) atoms. The molecule has 0 spiro atoms. The molecule has 1 fully saturated rings. The molecule has 0 N–H and O–H groups in total. The summed E-state index contributed by atoms with van der Waals surface area (Å²) in [6.45, 7) is 20.5. The topological polar surface area (TPSA) is 27.1 Å². The maximum Gasteiger partial charge on any atom is 0.225 e. The molecule has 0 radical (unpaired) electrons. The molecule has 1 unspecified atom stereocenters. The van der Waals surface area contributed by atoms with Crippen LogP contribution in [-0.2, 0) is 10.8 Å². The fourth-order valence-electron chi connectivity index (χ4n) is 8.95. The number of para-hydroxylation sites is 1. The predicted octanol–water partition coefficient (Wildman–Crippen LogP) is 14.2. The normalized spacial score (nSPS) is 18.6. The molecule has 10 rings (SSSR count). The van der Waals surface area contributed by atoms with Gasteiger partial charge in [-0.3, -0.25) is 4.57 Å². The third-order valence-electron chi connectivity index (χ3n) is 12.3. The molecule has 1 saturated heterocycles. The third kappa shape index (κ3) is 5.33. The number of quaternary nitrogens is 2. The second-order valence-electron chi connectivity index (χ2n) is 18.1. The van der Waals surface area contributed by atoms with Crippen molar-refractivity contribution in [2.45, 2.75) is 66.2 Å². The minimum absolute atomic E-state index is 0.00300. The molecule has 0 saturated carbocycles. The fourth-order valence-corrected chi connectivity index (χ4v) is 8.95. The summed E-state index contributed by atoms with van der Waals surface area (Å²) < 4.78 is 10.5. The SMILES string of the molecule is Cc1cc2c(cc1C)[N@@+]1(c3cccc(-c4ccccc4)c3)[CH-][N+]21c1cc(Oc2ccc3c4ccccc4n(-c4cc(C(C)(C)C)ccn4)c3c2)cc(C(C)(C)C)c1. The largest absolute Gasteiger partial charge is 0.457 e. The molecule has 0 amide bonds. The molecular weight excluding hydrogens is 697 g/mol. The van der Waals surface area contributed by atoms with Crippen molar-refractivity contribution >= 4 is 44.6 Å². The van der Waals surface area contributed by atoms with Gasteiger partial charge in [0.1, 0.15) is 17.3 Å². The van der Waals surface area contributed by atoms with Crippen molar-refractivity contribution in [2.24, 2.45) is 0 Å². The first kappa shape index (κ1) is 35.4. The summed E-state index contributed by atoms with van der Waals surface area (Å²) in [7, 11) is 0. The average Bonchev–Trinajstić information content (AvgIpc) is 3.71. The third-order valence-corrected chi connectivity index (χ3v) is 12.3. The van der Waals surface area contributed by atoms with Crippen molar-refractivity contribution in [3.63, 3.8) is 0 Å². The van der Waals surface area contributed by atoms with Crippen LogP contribution >= 0.6 is 0 Å². The van der Waals surface area contributed by atoms with E-state index >= 15 is 0 Å². The Bertz CT molecular complexity index is 2910. The Morgan fingerprint density at radius 1 is 0.526 bits per heavy atom. The zero-order chi connectivity index (χ0) is 39.5. The molecule has 2 aliphatic rings. The van der Waals surface area contributed by atoms with Gasteiger partial charge in [-0.2, -0.15) is 9.18 Å². The second kappa shape index (κ2) is 12.2. The van der Waals surface area contributed by atoms with Crippen molar-refractivity contribution in [1.29, 1.82) is 0 Å². The number of rotatable bonds is 6. The van der Waals surface area contributed by atoms with Crippen LogP contribution in [0.1, 0.15) is 63.8 Å². The summed E-state index contributed by atoms with van der Waals surface area (Å²) in [6, 6.07) is 50.9. The van der Waals surface area contributed by atoms with Crippen LogP contribution in [0.2, 0.25) is 0 Å². The van der Waals surface area contributed by atoms with Gasteiger partial charge in [0, 0.05) is 59.4 Å². The highest BCUT2D eigenvalue weighted by molar-refractivity contribution is 6.09. The van der Waals surface area contributed by atoms with Gasteiger partial charge < -0.3 is 4.74 Å². The van der Waals surface area contributed by atoms with Crippen LogP contribution < -0.4 is 13.9 Å². The van der Waals surface area contributed by atoms with Crippen molar-refractivity contribution in [3.05, 3.63) is 175 Å². The number of aryl methyl sites for hydroxylation is 2. The Morgan fingerprint density at radius 3 is 1.93 bits per heavy atom. The Kier molecular flexibility index (Phi) is 7.61. The van der Waals surface area contributed by atoms with E-state index in [9.17, 15) is 0 Å². The number of hydrogen-bond donors (Lipinski definition) is 0. The van der Waals surface area contributed by atoms with Crippen LogP contribution in [0.4, 0.5) is 22.7 Å². The van der Waals surface area contributed by atoms with Gasteiger partial charge in [0.15, 0.2) is 18.0 Å². The highest BCUT2D eigenvalue weighted by Gasteiger charge is 2.78. The summed E-state index contributed by atoms with van der Waals surface area (Å²) in [5.74, 6) is 2.52. The van der Waals surface area contributed by atoms with Crippen LogP contribution in [-0.4, -0.2) is 9.55 Å². The highest BCUT2D eigenvalue weighted by Crippen LogP contribution is 2.76. The second-order valence-corrected chi connectivity index (χ2v) is 18.1. The smallest absolute Gasteiger partial charge is 0.225 e. The van der Waals surface area contributed by atoms with Crippen molar-refractivity contribution in [2.75, 3.05) is 0 Å². The summed E-state index contributed by atoms with van der Waals surface area (Å²) in [5.41, 5.74) is 14.7. The maximum atomic E-state index is 6.99. The van der Waals surface area contributed by atoms with E-state index in [-0.39, 0.29) is 10.8 Å². The number of aromatic nitrogens is 2. The van der Waals surface area contributed by atoms with Crippen LogP contribution in [0.25, 0.3) is 38.8 Å². The molecule has 5 heteroatoms. The molecule has 2 aliphatic heterocycles. The molecular formula is C52H49N4O+. The molecule has 2 atom stereocenters. The lowest BCUT2D eigenvalue weighted by atomic mass is 9.86. The van der Waals surface area contributed by atoms with Gasteiger partial charge in [0.25, 0.3) is 0 Å². The van der Waals surface area contributed by atoms with E-state index in [0.717, 1.165) is 28.4 Å².